The van der Waals surface area contributed by atoms with Gasteiger partial charge >= 0.3 is 0 Å². The van der Waals surface area contributed by atoms with Crippen LogP contribution in [-0.4, -0.2) is 16.6 Å². The fraction of sp³-hybridized carbons (Fsp3) is 0.769. The Kier molecular flexibility index (Phi) is 3.99. The molecule has 3 heteroatoms. The molecule has 1 atom stereocenters. The molecule has 0 amide bonds. The minimum absolute atomic E-state index is 0.435. The van der Waals surface area contributed by atoms with Crippen LogP contribution < -0.4 is 5.32 Å². The van der Waals surface area contributed by atoms with E-state index in [9.17, 15) is 0 Å². The van der Waals surface area contributed by atoms with E-state index in [-0.39, 0.29) is 0 Å². The van der Waals surface area contributed by atoms with E-state index in [1.54, 1.807) is 0 Å². The quantitative estimate of drug-likeness (QED) is 0.847. The number of rotatable bonds is 4. The van der Waals surface area contributed by atoms with E-state index in [0.29, 0.717) is 6.04 Å². The Balaban J connectivity index is 1.94. The summed E-state index contributed by atoms with van der Waals surface area (Å²) in [5.74, 6) is 0.896. The molecule has 0 radical (unpaired) electrons. The highest BCUT2D eigenvalue weighted by Crippen LogP contribution is 2.31. The van der Waals surface area contributed by atoms with E-state index in [2.05, 4.69) is 16.5 Å². The average molecular weight is 221 g/mol. The van der Waals surface area contributed by atoms with Gasteiger partial charge in [0.2, 0.25) is 0 Å². The summed E-state index contributed by atoms with van der Waals surface area (Å²) in [5.41, 5.74) is 1.19. The normalized spacial score (nSPS) is 19.9. The zero-order valence-corrected chi connectivity index (χ0v) is 10.4. The third-order valence-electron chi connectivity index (χ3n) is 3.72. The number of hydrogen-bond acceptors (Lipinski definition) is 2. The van der Waals surface area contributed by atoms with Crippen LogP contribution in [-0.2, 0) is 7.05 Å². The second kappa shape index (κ2) is 5.48. The van der Waals surface area contributed by atoms with E-state index >= 15 is 0 Å². The fourth-order valence-electron chi connectivity index (χ4n) is 2.76. The van der Waals surface area contributed by atoms with Crippen LogP contribution in [0.4, 0.5) is 0 Å². The van der Waals surface area contributed by atoms with Crippen LogP contribution in [0.5, 0.6) is 0 Å². The number of hydrogen-bond donors (Lipinski definition) is 1. The molecule has 1 aromatic rings. The van der Waals surface area contributed by atoms with Gasteiger partial charge < -0.3 is 9.88 Å². The predicted octanol–water partition coefficient (Wildman–Crippen LogP) is 2.65. The van der Waals surface area contributed by atoms with Gasteiger partial charge in [0.15, 0.2) is 0 Å². The lowest BCUT2D eigenvalue weighted by molar-refractivity contribution is 0.304. The summed E-state index contributed by atoms with van der Waals surface area (Å²) in [6, 6.07) is 0.435. The van der Waals surface area contributed by atoms with Crippen molar-refractivity contribution in [1.82, 2.24) is 14.9 Å². The van der Waals surface area contributed by atoms with Crippen LogP contribution in [0.3, 0.4) is 0 Å². The third kappa shape index (κ3) is 2.85. The lowest BCUT2D eigenvalue weighted by Crippen LogP contribution is -2.21. The van der Waals surface area contributed by atoms with Crippen LogP contribution in [0, 0.1) is 5.92 Å². The first-order valence-corrected chi connectivity index (χ1v) is 6.44. The Morgan fingerprint density at radius 1 is 1.44 bits per heavy atom. The van der Waals surface area contributed by atoms with Gasteiger partial charge in [-0.15, -0.1) is 0 Å². The maximum atomic E-state index is 4.45. The molecule has 0 aliphatic heterocycles. The van der Waals surface area contributed by atoms with Crippen LogP contribution in [0.25, 0.3) is 0 Å². The van der Waals surface area contributed by atoms with Gasteiger partial charge in [-0.1, -0.05) is 32.1 Å². The topological polar surface area (TPSA) is 29.9 Å². The van der Waals surface area contributed by atoms with Gasteiger partial charge in [-0.3, -0.25) is 0 Å². The van der Waals surface area contributed by atoms with Gasteiger partial charge in [-0.25, -0.2) is 4.98 Å². The maximum Gasteiger partial charge on any atom is 0.0947 e. The van der Waals surface area contributed by atoms with Crippen LogP contribution in [0.15, 0.2) is 12.5 Å². The first kappa shape index (κ1) is 11.6. The van der Waals surface area contributed by atoms with Crippen molar-refractivity contribution < 1.29 is 0 Å². The second-order valence-electron chi connectivity index (χ2n) is 5.05. The molecule has 0 spiro atoms. The van der Waals surface area contributed by atoms with E-state index in [1.807, 2.05) is 25.0 Å². The van der Waals surface area contributed by atoms with Crippen molar-refractivity contribution in [2.75, 3.05) is 7.05 Å². The molecule has 1 N–H and O–H groups in total. The van der Waals surface area contributed by atoms with Gasteiger partial charge in [0, 0.05) is 13.2 Å². The molecule has 1 aromatic heterocycles. The van der Waals surface area contributed by atoms with E-state index < -0.39 is 0 Å². The average Bonchev–Trinajstić information content (AvgIpc) is 2.74. The molecule has 1 saturated carbocycles. The molecule has 0 saturated heterocycles. The summed E-state index contributed by atoms with van der Waals surface area (Å²) in [6.45, 7) is 0. The van der Waals surface area contributed by atoms with Gasteiger partial charge in [-0.05, 0) is 19.4 Å². The molecular formula is C13H23N3. The Bertz CT molecular complexity index is 313. The Morgan fingerprint density at radius 2 is 2.19 bits per heavy atom. The minimum Gasteiger partial charge on any atom is -0.340 e. The first-order valence-electron chi connectivity index (χ1n) is 6.44. The standard InChI is InChI=1S/C13H23N3/c1-14-12(13-9-16(2)10-15-13)8-11-6-4-3-5-7-11/h9-12,14H,3-8H2,1-2H3. The van der Waals surface area contributed by atoms with Crippen LogP contribution in [0.1, 0.15) is 50.3 Å². The summed E-state index contributed by atoms with van der Waals surface area (Å²) in [5, 5.41) is 3.40. The molecule has 3 nitrogen and oxygen atoms in total. The van der Waals surface area contributed by atoms with Crippen molar-refractivity contribution in [2.45, 2.75) is 44.6 Å². The van der Waals surface area contributed by atoms with Gasteiger partial charge in [0.25, 0.3) is 0 Å². The van der Waals surface area contributed by atoms with Gasteiger partial charge in [-0.2, -0.15) is 0 Å². The van der Waals surface area contributed by atoms with Crippen LogP contribution >= 0.6 is 0 Å². The van der Waals surface area contributed by atoms with Crippen molar-refractivity contribution in [2.24, 2.45) is 13.0 Å². The van der Waals surface area contributed by atoms with Crippen LogP contribution in [0.2, 0.25) is 0 Å². The summed E-state index contributed by atoms with van der Waals surface area (Å²) >= 11 is 0. The number of imidazole rings is 1. The van der Waals surface area contributed by atoms with Crippen molar-refractivity contribution in [3.05, 3.63) is 18.2 Å². The molecule has 1 aliphatic rings. The Hall–Kier alpha value is -0.830. The largest absolute Gasteiger partial charge is 0.340 e. The molecule has 16 heavy (non-hydrogen) atoms. The number of nitrogens with zero attached hydrogens (tertiary/aromatic N) is 2. The predicted molar refractivity (Wildman–Crippen MR) is 66.2 cm³/mol. The number of aromatic nitrogens is 2. The zero-order valence-electron chi connectivity index (χ0n) is 10.4. The second-order valence-corrected chi connectivity index (χ2v) is 5.05. The monoisotopic (exact) mass is 221 g/mol. The lowest BCUT2D eigenvalue weighted by atomic mass is 9.84. The molecular weight excluding hydrogens is 198 g/mol. The zero-order chi connectivity index (χ0) is 11.4. The maximum absolute atomic E-state index is 4.45. The van der Waals surface area contributed by atoms with E-state index in [0.717, 1.165) is 5.92 Å². The van der Waals surface area contributed by atoms with E-state index in [1.165, 1.54) is 44.2 Å². The molecule has 1 fully saturated rings. The SMILES string of the molecule is CNC(CC1CCCCC1)c1cn(C)cn1. The highest BCUT2D eigenvalue weighted by atomic mass is 15.0. The summed E-state index contributed by atoms with van der Waals surface area (Å²) < 4.78 is 2.03. The molecule has 2 rings (SSSR count). The molecule has 0 bridgehead atoms. The molecule has 0 aromatic carbocycles. The van der Waals surface area contributed by atoms with Crippen molar-refractivity contribution in [3.63, 3.8) is 0 Å². The molecule has 1 unspecified atom stereocenters. The third-order valence-corrected chi connectivity index (χ3v) is 3.72. The highest BCUT2D eigenvalue weighted by Gasteiger charge is 2.20. The van der Waals surface area contributed by atoms with Gasteiger partial charge in [0.1, 0.15) is 0 Å². The smallest absolute Gasteiger partial charge is 0.0947 e. The molecule has 1 heterocycles. The molecule has 90 valence electrons. The number of nitrogens with one attached hydrogen (secondary N) is 1. The van der Waals surface area contributed by atoms with E-state index in [4.69, 9.17) is 0 Å². The lowest BCUT2D eigenvalue weighted by Gasteiger charge is -2.25. The molecule has 1 aliphatic carbocycles. The summed E-state index contributed by atoms with van der Waals surface area (Å²) in [4.78, 5) is 4.45. The highest BCUT2D eigenvalue weighted by molar-refractivity contribution is 5.03. The summed E-state index contributed by atoms with van der Waals surface area (Å²) in [6.07, 6.45) is 12.4. The Labute approximate surface area is 98.3 Å². The number of aryl methyl sites for hydroxylation is 1. The van der Waals surface area contributed by atoms with Crippen molar-refractivity contribution in [1.29, 1.82) is 0 Å². The summed E-state index contributed by atoms with van der Waals surface area (Å²) in [7, 11) is 4.08. The minimum atomic E-state index is 0.435. The Morgan fingerprint density at radius 3 is 2.75 bits per heavy atom. The van der Waals surface area contributed by atoms with Gasteiger partial charge in [0.05, 0.1) is 18.1 Å². The van der Waals surface area contributed by atoms with Crippen molar-refractivity contribution in [3.8, 4) is 0 Å². The van der Waals surface area contributed by atoms with Crippen molar-refractivity contribution >= 4 is 0 Å². The fourth-order valence-corrected chi connectivity index (χ4v) is 2.76. The first-order chi connectivity index (χ1) is 7.79.